The quantitative estimate of drug-likeness (QED) is 0.449. The molecule has 0 aliphatic carbocycles. The second kappa shape index (κ2) is 9.37. The van der Waals surface area contributed by atoms with Crippen molar-refractivity contribution in [1.82, 2.24) is 19.9 Å². The molecular formula is C27H30N6O. The van der Waals surface area contributed by atoms with Gasteiger partial charge in [-0.2, -0.15) is 0 Å². The molecule has 0 atom stereocenters. The third-order valence-corrected chi connectivity index (χ3v) is 6.01. The fraction of sp³-hybridized carbons (Fsp3) is 0.296. The Bertz CT molecular complexity index is 1250. The Hall–Kier alpha value is -3.55. The van der Waals surface area contributed by atoms with Gasteiger partial charge in [-0.25, -0.2) is 15.0 Å². The molecule has 7 nitrogen and oxygen atoms in total. The zero-order chi connectivity index (χ0) is 23.5. The molecule has 0 unspecified atom stereocenters. The molecule has 34 heavy (non-hydrogen) atoms. The number of β-amino-alcohol motifs (C(OH)–C–C–N with tert-alkyl or cyclic N) is 1. The number of aromatic nitrogens is 3. The van der Waals surface area contributed by atoms with Gasteiger partial charge in [0.25, 0.3) is 0 Å². The fourth-order valence-corrected chi connectivity index (χ4v) is 4.43. The summed E-state index contributed by atoms with van der Waals surface area (Å²) in [4.78, 5) is 18.6. The lowest BCUT2D eigenvalue weighted by molar-refractivity contribution is 0.0344. The molecular weight excluding hydrogens is 424 g/mol. The van der Waals surface area contributed by atoms with Crippen molar-refractivity contribution in [2.75, 3.05) is 42.9 Å². The number of nitrogens with zero attached hydrogens (tertiary/aromatic N) is 5. The van der Waals surface area contributed by atoms with Crippen LogP contribution in [-0.2, 0) is 0 Å². The first-order chi connectivity index (χ1) is 16.4. The monoisotopic (exact) mass is 454 g/mol. The lowest BCUT2D eigenvalue weighted by Crippen LogP contribution is -2.50. The zero-order valence-electron chi connectivity index (χ0n) is 19.6. The van der Waals surface area contributed by atoms with Crippen LogP contribution in [0.3, 0.4) is 0 Å². The average molecular weight is 455 g/mol. The van der Waals surface area contributed by atoms with Crippen LogP contribution in [0.15, 0.2) is 73.1 Å². The molecule has 2 aromatic heterocycles. The number of piperazine rings is 1. The molecule has 4 aromatic rings. The molecule has 1 aliphatic heterocycles. The van der Waals surface area contributed by atoms with Gasteiger partial charge in [-0.05, 0) is 31.5 Å². The zero-order valence-corrected chi connectivity index (χ0v) is 19.6. The molecule has 2 aromatic carbocycles. The summed E-state index contributed by atoms with van der Waals surface area (Å²) in [6, 6.07) is 20.5. The number of anilines is 3. The highest BCUT2D eigenvalue weighted by Gasteiger charge is 2.23. The van der Waals surface area contributed by atoms with Gasteiger partial charge in [-0.3, -0.25) is 4.90 Å². The third kappa shape index (κ3) is 5.16. The van der Waals surface area contributed by atoms with E-state index in [1.165, 1.54) is 0 Å². The molecule has 0 radical (unpaired) electrons. The summed E-state index contributed by atoms with van der Waals surface area (Å²) in [6.07, 6.45) is 3.68. The van der Waals surface area contributed by atoms with Crippen LogP contribution in [0.4, 0.5) is 17.5 Å². The SMILES string of the molecule is CC(C)(O)CN1CCN(c2ccc(Nc3ncc4cccc(-c5ccccc5)c4n3)cn2)CC1. The van der Waals surface area contributed by atoms with Gasteiger partial charge in [0.15, 0.2) is 0 Å². The lowest BCUT2D eigenvalue weighted by atomic mass is 10.0. The molecule has 5 rings (SSSR count). The molecule has 7 heteroatoms. The van der Waals surface area contributed by atoms with E-state index >= 15 is 0 Å². The van der Waals surface area contributed by atoms with Crippen LogP contribution in [0.25, 0.3) is 22.0 Å². The molecule has 2 N–H and O–H groups in total. The highest BCUT2D eigenvalue weighted by atomic mass is 16.3. The standard InChI is InChI=1S/C27H30N6O/c1-27(2,34)19-32-13-15-33(16-14-32)24-12-11-22(18-28-24)30-26-29-17-21-9-6-10-23(25(21)31-26)20-7-4-3-5-8-20/h3-12,17-18,34H,13-16,19H2,1-2H3,(H,29,30,31). The van der Waals surface area contributed by atoms with E-state index in [9.17, 15) is 5.11 Å². The number of hydrogen-bond donors (Lipinski definition) is 2. The minimum atomic E-state index is -0.666. The molecule has 1 fully saturated rings. The molecule has 0 spiro atoms. The largest absolute Gasteiger partial charge is 0.389 e. The number of benzene rings is 2. The smallest absolute Gasteiger partial charge is 0.227 e. The minimum absolute atomic E-state index is 0.547. The van der Waals surface area contributed by atoms with Gasteiger partial charge in [-0.1, -0.05) is 48.5 Å². The Morgan fingerprint density at radius 1 is 0.882 bits per heavy atom. The van der Waals surface area contributed by atoms with E-state index in [1.807, 2.05) is 68.7 Å². The number of para-hydroxylation sites is 1. The maximum absolute atomic E-state index is 10.1. The Morgan fingerprint density at radius 2 is 1.68 bits per heavy atom. The molecule has 3 heterocycles. The summed E-state index contributed by atoms with van der Waals surface area (Å²) >= 11 is 0. The van der Waals surface area contributed by atoms with Gasteiger partial charge in [0.2, 0.25) is 5.95 Å². The molecule has 0 saturated carbocycles. The van der Waals surface area contributed by atoms with Crippen LogP contribution in [0.2, 0.25) is 0 Å². The van der Waals surface area contributed by atoms with Crippen molar-refractivity contribution >= 4 is 28.4 Å². The Balaban J connectivity index is 1.29. The van der Waals surface area contributed by atoms with Crippen LogP contribution < -0.4 is 10.2 Å². The van der Waals surface area contributed by atoms with E-state index in [1.54, 1.807) is 0 Å². The number of nitrogens with one attached hydrogen (secondary N) is 1. The average Bonchev–Trinajstić information content (AvgIpc) is 2.84. The minimum Gasteiger partial charge on any atom is -0.389 e. The predicted octanol–water partition coefficient (Wildman–Crippen LogP) is 4.33. The summed E-state index contributed by atoms with van der Waals surface area (Å²) in [5, 5.41) is 14.4. The van der Waals surface area contributed by atoms with Gasteiger partial charge >= 0.3 is 0 Å². The molecule has 0 bridgehead atoms. The summed E-state index contributed by atoms with van der Waals surface area (Å²) in [5.41, 5.74) is 3.31. The van der Waals surface area contributed by atoms with Crippen molar-refractivity contribution < 1.29 is 5.11 Å². The maximum Gasteiger partial charge on any atom is 0.227 e. The van der Waals surface area contributed by atoms with E-state index in [4.69, 9.17) is 4.98 Å². The molecule has 1 saturated heterocycles. The second-order valence-corrected chi connectivity index (χ2v) is 9.41. The second-order valence-electron chi connectivity index (χ2n) is 9.41. The topological polar surface area (TPSA) is 77.4 Å². The van der Waals surface area contributed by atoms with Crippen molar-refractivity contribution in [1.29, 1.82) is 0 Å². The summed E-state index contributed by atoms with van der Waals surface area (Å²) in [6.45, 7) is 8.02. The molecule has 1 aliphatic rings. The Morgan fingerprint density at radius 3 is 2.38 bits per heavy atom. The lowest BCUT2D eigenvalue weighted by Gasteiger charge is -2.37. The number of aliphatic hydroxyl groups is 1. The summed E-state index contributed by atoms with van der Waals surface area (Å²) < 4.78 is 0. The van der Waals surface area contributed by atoms with Crippen LogP contribution in [0.5, 0.6) is 0 Å². The highest BCUT2D eigenvalue weighted by molar-refractivity contribution is 5.93. The summed E-state index contributed by atoms with van der Waals surface area (Å²) in [5.74, 6) is 1.50. The summed E-state index contributed by atoms with van der Waals surface area (Å²) in [7, 11) is 0. The number of fused-ring (bicyclic) bond motifs is 1. The first kappa shape index (κ1) is 22.3. The third-order valence-electron chi connectivity index (χ3n) is 6.01. The van der Waals surface area contributed by atoms with E-state index in [-0.39, 0.29) is 0 Å². The predicted molar refractivity (Wildman–Crippen MR) is 137 cm³/mol. The maximum atomic E-state index is 10.1. The van der Waals surface area contributed by atoms with Gasteiger partial charge in [0.1, 0.15) is 5.82 Å². The van der Waals surface area contributed by atoms with E-state index in [0.717, 1.165) is 59.7 Å². The van der Waals surface area contributed by atoms with Crippen molar-refractivity contribution in [3.05, 3.63) is 73.1 Å². The van der Waals surface area contributed by atoms with Crippen molar-refractivity contribution in [2.45, 2.75) is 19.4 Å². The van der Waals surface area contributed by atoms with E-state index in [2.05, 4.69) is 43.3 Å². The van der Waals surface area contributed by atoms with Crippen LogP contribution in [0, 0.1) is 0 Å². The normalized spacial score (nSPS) is 15.0. The van der Waals surface area contributed by atoms with Crippen LogP contribution in [-0.4, -0.2) is 63.3 Å². The first-order valence-electron chi connectivity index (χ1n) is 11.7. The van der Waals surface area contributed by atoms with Crippen LogP contribution >= 0.6 is 0 Å². The van der Waals surface area contributed by atoms with Gasteiger partial charge in [-0.15, -0.1) is 0 Å². The highest BCUT2D eigenvalue weighted by Crippen LogP contribution is 2.28. The van der Waals surface area contributed by atoms with E-state index in [0.29, 0.717) is 12.5 Å². The molecule has 0 amide bonds. The van der Waals surface area contributed by atoms with Crippen molar-refractivity contribution in [2.24, 2.45) is 0 Å². The number of hydrogen-bond acceptors (Lipinski definition) is 7. The number of pyridine rings is 1. The fourth-order valence-electron chi connectivity index (χ4n) is 4.43. The van der Waals surface area contributed by atoms with Gasteiger partial charge < -0.3 is 15.3 Å². The van der Waals surface area contributed by atoms with Gasteiger partial charge in [0.05, 0.1) is 23.0 Å². The Kier molecular flexibility index (Phi) is 6.13. The van der Waals surface area contributed by atoms with Gasteiger partial charge in [0, 0.05) is 49.9 Å². The number of rotatable bonds is 6. The Labute approximate surface area is 200 Å². The van der Waals surface area contributed by atoms with Crippen LogP contribution in [0.1, 0.15) is 13.8 Å². The first-order valence-corrected chi connectivity index (χ1v) is 11.7. The van der Waals surface area contributed by atoms with Crippen molar-refractivity contribution in [3.63, 3.8) is 0 Å². The molecule has 174 valence electrons. The van der Waals surface area contributed by atoms with E-state index < -0.39 is 5.60 Å². The van der Waals surface area contributed by atoms with Crippen molar-refractivity contribution in [3.8, 4) is 11.1 Å².